The van der Waals surface area contributed by atoms with Gasteiger partial charge in [0.05, 0.1) is 0 Å². The Morgan fingerprint density at radius 2 is 2.11 bits per heavy atom. The van der Waals surface area contributed by atoms with Crippen molar-refractivity contribution in [2.24, 2.45) is 5.92 Å². The van der Waals surface area contributed by atoms with Gasteiger partial charge in [0.25, 0.3) is 0 Å². The van der Waals surface area contributed by atoms with Gasteiger partial charge in [-0.25, -0.2) is 0 Å². The minimum atomic E-state index is 0.0156. The Kier molecular flexibility index (Phi) is 3.66. The van der Waals surface area contributed by atoms with Gasteiger partial charge >= 0.3 is 0 Å². The largest absolute Gasteiger partial charge is 0.326 e. The average Bonchev–Trinajstić information content (AvgIpc) is 2.92. The third kappa shape index (κ3) is 2.71. The van der Waals surface area contributed by atoms with Crippen LogP contribution in [0.1, 0.15) is 20.3 Å². The van der Waals surface area contributed by atoms with Crippen molar-refractivity contribution < 1.29 is 4.79 Å². The topological polar surface area (TPSA) is 83.6 Å². The maximum atomic E-state index is 11.7. The summed E-state index contributed by atoms with van der Waals surface area (Å²) < 4.78 is 0. The van der Waals surface area contributed by atoms with Gasteiger partial charge in [-0.3, -0.25) is 4.79 Å². The van der Waals surface area contributed by atoms with Crippen molar-refractivity contribution in [3.8, 4) is 11.4 Å². The van der Waals surface area contributed by atoms with Gasteiger partial charge in [-0.1, -0.05) is 13.8 Å². The number of carbonyl (C=O) groups excluding carboxylic acids is 1. The zero-order chi connectivity index (χ0) is 13.0. The number of carbonyl (C=O) groups is 1. The number of anilines is 1. The first-order valence-corrected chi connectivity index (χ1v) is 5.85. The Labute approximate surface area is 105 Å². The number of H-pyrrole nitrogens is 1. The van der Waals surface area contributed by atoms with Gasteiger partial charge in [-0.2, -0.15) is 5.21 Å². The minimum absolute atomic E-state index is 0.0156. The fraction of sp³-hybridized carbons (Fsp3) is 0.333. The minimum Gasteiger partial charge on any atom is -0.326 e. The van der Waals surface area contributed by atoms with Crippen LogP contribution in [0.4, 0.5) is 5.69 Å². The van der Waals surface area contributed by atoms with E-state index in [1.807, 2.05) is 38.1 Å². The van der Waals surface area contributed by atoms with E-state index in [1.165, 1.54) is 0 Å². The zero-order valence-electron chi connectivity index (χ0n) is 10.3. The molecule has 0 spiro atoms. The normalized spacial score (nSPS) is 12.1. The molecule has 2 rings (SSSR count). The quantitative estimate of drug-likeness (QED) is 0.861. The molecule has 0 saturated carbocycles. The van der Waals surface area contributed by atoms with Crippen molar-refractivity contribution >= 4 is 11.6 Å². The number of aromatic nitrogens is 4. The highest BCUT2D eigenvalue weighted by molar-refractivity contribution is 5.92. The van der Waals surface area contributed by atoms with Gasteiger partial charge in [0.2, 0.25) is 11.7 Å². The molecule has 1 aromatic carbocycles. The molecule has 2 aromatic rings. The molecular weight excluding hydrogens is 230 g/mol. The fourth-order valence-corrected chi connectivity index (χ4v) is 1.44. The van der Waals surface area contributed by atoms with Gasteiger partial charge in [0.1, 0.15) is 0 Å². The van der Waals surface area contributed by atoms with Crippen LogP contribution in [-0.2, 0) is 4.79 Å². The van der Waals surface area contributed by atoms with Crippen LogP contribution < -0.4 is 5.32 Å². The van der Waals surface area contributed by atoms with Crippen molar-refractivity contribution in [3.63, 3.8) is 0 Å². The van der Waals surface area contributed by atoms with Crippen LogP contribution in [0.15, 0.2) is 24.3 Å². The third-order valence-corrected chi connectivity index (χ3v) is 2.82. The summed E-state index contributed by atoms with van der Waals surface area (Å²) in [6.07, 6.45) is 0.826. The molecule has 6 heteroatoms. The summed E-state index contributed by atoms with van der Waals surface area (Å²) >= 11 is 0. The molecule has 1 heterocycles. The monoisotopic (exact) mass is 245 g/mol. The molecule has 0 fully saturated rings. The van der Waals surface area contributed by atoms with E-state index in [4.69, 9.17) is 0 Å². The molecule has 94 valence electrons. The van der Waals surface area contributed by atoms with Crippen molar-refractivity contribution in [3.05, 3.63) is 24.3 Å². The van der Waals surface area contributed by atoms with Gasteiger partial charge in [0.15, 0.2) is 0 Å². The van der Waals surface area contributed by atoms with E-state index >= 15 is 0 Å². The van der Waals surface area contributed by atoms with E-state index in [-0.39, 0.29) is 11.8 Å². The lowest BCUT2D eigenvalue weighted by molar-refractivity contribution is -0.119. The molecule has 0 bridgehead atoms. The van der Waals surface area contributed by atoms with E-state index in [1.54, 1.807) is 0 Å². The number of benzene rings is 1. The van der Waals surface area contributed by atoms with E-state index < -0.39 is 0 Å². The molecule has 1 amide bonds. The molecule has 0 radical (unpaired) electrons. The second-order valence-electron chi connectivity index (χ2n) is 4.11. The van der Waals surface area contributed by atoms with Gasteiger partial charge < -0.3 is 5.32 Å². The molecule has 1 unspecified atom stereocenters. The SMILES string of the molecule is CCC(C)C(=O)Nc1ccc(-c2nn[nH]n2)cc1. The van der Waals surface area contributed by atoms with Gasteiger partial charge in [0, 0.05) is 17.2 Å². The highest BCUT2D eigenvalue weighted by Gasteiger charge is 2.10. The first kappa shape index (κ1) is 12.2. The Hall–Kier alpha value is -2.24. The lowest BCUT2D eigenvalue weighted by Crippen LogP contribution is -2.19. The van der Waals surface area contributed by atoms with Crippen molar-refractivity contribution in [1.82, 2.24) is 20.6 Å². The summed E-state index contributed by atoms with van der Waals surface area (Å²) in [5.41, 5.74) is 1.62. The fourth-order valence-electron chi connectivity index (χ4n) is 1.44. The number of rotatable bonds is 4. The lowest BCUT2D eigenvalue weighted by atomic mass is 10.1. The van der Waals surface area contributed by atoms with Crippen molar-refractivity contribution in [1.29, 1.82) is 0 Å². The number of nitrogens with zero attached hydrogens (tertiary/aromatic N) is 3. The van der Waals surface area contributed by atoms with Crippen LogP contribution in [-0.4, -0.2) is 26.5 Å². The summed E-state index contributed by atoms with van der Waals surface area (Å²) in [6, 6.07) is 7.34. The van der Waals surface area contributed by atoms with Crippen LogP contribution in [0.2, 0.25) is 0 Å². The summed E-state index contributed by atoms with van der Waals surface area (Å²) in [7, 11) is 0. The van der Waals surface area contributed by atoms with Crippen molar-refractivity contribution in [2.75, 3.05) is 5.32 Å². The molecule has 18 heavy (non-hydrogen) atoms. The Bertz CT molecular complexity index is 506. The summed E-state index contributed by atoms with van der Waals surface area (Å²) in [5, 5.41) is 16.5. The van der Waals surface area contributed by atoms with Crippen molar-refractivity contribution in [2.45, 2.75) is 20.3 Å². The molecule has 6 nitrogen and oxygen atoms in total. The second-order valence-corrected chi connectivity index (χ2v) is 4.11. The first-order valence-electron chi connectivity index (χ1n) is 5.85. The Balaban J connectivity index is 2.06. The summed E-state index contributed by atoms with van der Waals surface area (Å²) in [6.45, 7) is 3.90. The molecule has 0 aliphatic carbocycles. The number of amides is 1. The van der Waals surface area contributed by atoms with Crippen LogP contribution in [0, 0.1) is 5.92 Å². The molecule has 1 atom stereocenters. The van der Waals surface area contributed by atoms with Gasteiger partial charge in [-0.15, -0.1) is 10.2 Å². The average molecular weight is 245 g/mol. The predicted molar refractivity (Wildman–Crippen MR) is 67.7 cm³/mol. The zero-order valence-corrected chi connectivity index (χ0v) is 10.3. The molecule has 0 aliphatic rings. The van der Waals surface area contributed by atoms with Gasteiger partial charge in [-0.05, 0) is 35.9 Å². The summed E-state index contributed by atoms with van der Waals surface area (Å²) in [5.74, 6) is 0.585. The number of nitrogens with one attached hydrogen (secondary N) is 2. The molecular formula is C12H15N5O. The maximum Gasteiger partial charge on any atom is 0.227 e. The maximum absolute atomic E-state index is 11.7. The lowest BCUT2D eigenvalue weighted by Gasteiger charge is -2.09. The highest BCUT2D eigenvalue weighted by Crippen LogP contribution is 2.17. The Morgan fingerprint density at radius 3 is 2.67 bits per heavy atom. The second kappa shape index (κ2) is 5.39. The standard InChI is InChI=1S/C12H15N5O/c1-3-8(2)12(18)13-10-6-4-9(5-7-10)11-14-16-17-15-11/h4-8H,3H2,1-2H3,(H,13,18)(H,14,15,16,17). The van der Waals surface area contributed by atoms with E-state index in [0.29, 0.717) is 5.82 Å². The van der Waals surface area contributed by atoms with Crippen LogP contribution in [0.3, 0.4) is 0 Å². The number of aromatic amines is 1. The molecule has 2 N–H and O–H groups in total. The van der Waals surface area contributed by atoms with Crippen LogP contribution in [0.25, 0.3) is 11.4 Å². The number of hydrogen-bond donors (Lipinski definition) is 2. The van der Waals surface area contributed by atoms with E-state index in [9.17, 15) is 4.79 Å². The molecule has 0 saturated heterocycles. The van der Waals surface area contributed by atoms with Crippen LogP contribution >= 0.6 is 0 Å². The Morgan fingerprint density at radius 1 is 1.39 bits per heavy atom. The first-order chi connectivity index (χ1) is 8.70. The van der Waals surface area contributed by atoms with E-state index in [2.05, 4.69) is 25.9 Å². The highest BCUT2D eigenvalue weighted by atomic mass is 16.1. The number of hydrogen-bond acceptors (Lipinski definition) is 4. The smallest absolute Gasteiger partial charge is 0.227 e. The number of tetrazole rings is 1. The van der Waals surface area contributed by atoms with E-state index in [0.717, 1.165) is 17.7 Å². The molecule has 1 aromatic heterocycles. The summed E-state index contributed by atoms with van der Waals surface area (Å²) in [4.78, 5) is 11.7. The van der Waals surface area contributed by atoms with Crippen LogP contribution in [0.5, 0.6) is 0 Å². The molecule has 0 aliphatic heterocycles. The predicted octanol–water partition coefficient (Wildman–Crippen LogP) is 1.85. The third-order valence-electron chi connectivity index (χ3n) is 2.82.